The summed E-state index contributed by atoms with van der Waals surface area (Å²) in [6, 6.07) is 11.5. The summed E-state index contributed by atoms with van der Waals surface area (Å²) in [6.45, 7) is 7.44. The molecule has 1 amide bonds. The van der Waals surface area contributed by atoms with Gasteiger partial charge in [-0.1, -0.05) is 12.1 Å². The lowest BCUT2D eigenvalue weighted by atomic mass is 10.1. The lowest BCUT2D eigenvalue weighted by molar-refractivity contribution is -0.130. The number of hydrogen-bond donors (Lipinski definition) is 0. The maximum Gasteiger partial charge on any atom is 0.227 e. The van der Waals surface area contributed by atoms with E-state index in [-0.39, 0.29) is 12.0 Å². The Bertz CT molecular complexity index is 1390. The quantitative estimate of drug-likeness (QED) is 0.301. The molecule has 2 aromatic carbocycles. The molecule has 39 heavy (non-hydrogen) atoms. The van der Waals surface area contributed by atoms with Gasteiger partial charge >= 0.3 is 0 Å². The first-order valence-corrected chi connectivity index (χ1v) is 12.9. The third kappa shape index (κ3) is 6.33. The summed E-state index contributed by atoms with van der Waals surface area (Å²) in [4.78, 5) is 26.1. The highest BCUT2D eigenvalue weighted by Crippen LogP contribution is 2.35. The summed E-state index contributed by atoms with van der Waals surface area (Å²) in [5, 5.41) is 12.0. The van der Waals surface area contributed by atoms with Gasteiger partial charge in [0.1, 0.15) is 30.8 Å². The van der Waals surface area contributed by atoms with E-state index < -0.39 is 0 Å². The standard InChI is InChI=1S/C27H32N8O4/c1-19(2)39-21-6-4-20(5-7-21)14-26(36)33-8-10-34(11-9-33)27-22-15-24(37-3)25(16-23(22)28-17-29-27)38-13-12-35-18-30-31-32-35/h4-7,15-19H,8-14H2,1-3H3. The summed E-state index contributed by atoms with van der Waals surface area (Å²) in [7, 11) is 1.61. The Hall–Kier alpha value is -4.48. The van der Waals surface area contributed by atoms with Gasteiger partial charge in [0.05, 0.1) is 31.7 Å². The van der Waals surface area contributed by atoms with Gasteiger partial charge in [-0.05, 0) is 48.0 Å². The molecule has 1 saturated heterocycles. The number of tetrazole rings is 1. The molecule has 12 nitrogen and oxygen atoms in total. The molecule has 0 aliphatic carbocycles. The Balaban J connectivity index is 1.22. The van der Waals surface area contributed by atoms with Crippen molar-refractivity contribution in [3.8, 4) is 17.2 Å². The lowest BCUT2D eigenvalue weighted by Gasteiger charge is -2.36. The normalized spacial score (nSPS) is 13.6. The largest absolute Gasteiger partial charge is 0.493 e. The van der Waals surface area contributed by atoms with Crippen LogP contribution in [0.4, 0.5) is 5.82 Å². The van der Waals surface area contributed by atoms with Crippen LogP contribution >= 0.6 is 0 Å². The van der Waals surface area contributed by atoms with Crippen molar-refractivity contribution in [3.63, 3.8) is 0 Å². The molecule has 1 aliphatic heterocycles. The average Bonchev–Trinajstić information content (AvgIpc) is 3.47. The van der Waals surface area contributed by atoms with Gasteiger partial charge in [0.25, 0.3) is 0 Å². The van der Waals surface area contributed by atoms with Crippen molar-refractivity contribution in [3.05, 3.63) is 54.6 Å². The molecule has 1 aliphatic rings. The van der Waals surface area contributed by atoms with Crippen LogP contribution in [0.25, 0.3) is 10.9 Å². The van der Waals surface area contributed by atoms with Gasteiger partial charge in [-0.3, -0.25) is 4.79 Å². The molecule has 0 saturated carbocycles. The predicted octanol–water partition coefficient (Wildman–Crippen LogP) is 2.38. The number of methoxy groups -OCH3 is 1. The van der Waals surface area contributed by atoms with E-state index in [0.29, 0.717) is 57.3 Å². The van der Waals surface area contributed by atoms with Crippen LogP contribution in [-0.2, 0) is 17.8 Å². The minimum absolute atomic E-state index is 0.116. The zero-order valence-corrected chi connectivity index (χ0v) is 22.4. The van der Waals surface area contributed by atoms with E-state index in [0.717, 1.165) is 28.0 Å². The minimum atomic E-state index is 0.116. The van der Waals surface area contributed by atoms with Gasteiger partial charge in [-0.25, -0.2) is 14.6 Å². The minimum Gasteiger partial charge on any atom is -0.493 e. The van der Waals surface area contributed by atoms with Crippen LogP contribution < -0.4 is 19.1 Å². The molecule has 0 N–H and O–H groups in total. The first kappa shape index (κ1) is 26.1. The van der Waals surface area contributed by atoms with Crippen molar-refractivity contribution in [1.82, 2.24) is 35.1 Å². The monoisotopic (exact) mass is 532 g/mol. The molecule has 3 heterocycles. The van der Waals surface area contributed by atoms with Crippen LogP contribution in [0.15, 0.2) is 49.1 Å². The average molecular weight is 533 g/mol. The van der Waals surface area contributed by atoms with Crippen LogP contribution in [0.1, 0.15) is 19.4 Å². The van der Waals surface area contributed by atoms with Crippen molar-refractivity contribution in [2.45, 2.75) is 32.9 Å². The number of hydrogen-bond acceptors (Lipinski definition) is 10. The molecule has 12 heteroatoms. The Morgan fingerprint density at radius 3 is 2.51 bits per heavy atom. The first-order valence-electron chi connectivity index (χ1n) is 12.9. The first-order chi connectivity index (χ1) is 19.0. The molecule has 0 spiro atoms. The number of anilines is 1. The van der Waals surface area contributed by atoms with Gasteiger partial charge in [0.2, 0.25) is 5.91 Å². The molecule has 5 rings (SSSR count). The molecular weight excluding hydrogens is 500 g/mol. The van der Waals surface area contributed by atoms with Crippen molar-refractivity contribution < 1.29 is 19.0 Å². The molecule has 0 unspecified atom stereocenters. The number of amides is 1. The number of fused-ring (bicyclic) bond motifs is 1. The number of carbonyl (C=O) groups excluding carboxylic acids is 1. The Morgan fingerprint density at radius 1 is 1.03 bits per heavy atom. The zero-order chi connectivity index (χ0) is 27.2. The maximum absolute atomic E-state index is 13.0. The fraction of sp³-hybridized carbons (Fsp3) is 0.407. The summed E-state index contributed by atoms with van der Waals surface area (Å²) >= 11 is 0. The Labute approximate surface area is 226 Å². The van der Waals surface area contributed by atoms with E-state index in [9.17, 15) is 4.79 Å². The number of benzene rings is 2. The molecule has 204 valence electrons. The molecule has 0 atom stereocenters. The highest BCUT2D eigenvalue weighted by Gasteiger charge is 2.24. The van der Waals surface area contributed by atoms with E-state index in [1.807, 2.05) is 55.1 Å². The number of aromatic nitrogens is 6. The molecular formula is C27H32N8O4. The van der Waals surface area contributed by atoms with Gasteiger partial charge in [-0.15, -0.1) is 5.10 Å². The van der Waals surface area contributed by atoms with E-state index in [2.05, 4.69) is 30.4 Å². The van der Waals surface area contributed by atoms with Crippen LogP contribution in [0.3, 0.4) is 0 Å². The van der Waals surface area contributed by atoms with E-state index in [1.54, 1.807) is 18.1 Å². The van der Waals surface area contributed by atoms with Crippen LogP contribution in [0.5, 0.6) is 17.2 Å². The fourth-order valence-electron chi connectivity index (χ4n) is 4.52. The van der Waals surface area contributed by atoms with Crippen LogP contribution in [0, 0.1) is 0 Å². The molecule has 1 fully saturated rings. The van der Waals surface area contributed by atoms with Crippen molar-refractivity contribution in [2.75, 3.05) is 44.8 Å². The molecule has 0 radical (unpaired) electrons. The molecule has 2 aromatic heterocycles. The highest BCUT2D eigenvalue weighted by atomic mass is 16.5. The predicted molar refractivity (Wildman–Crippen MR) is 144 cm³/mol. The third-order valence-corrected chi connectivity index (χ3v) is 6.45. The number of rotatable bonds is 10. The number of piperazine rings is 1. The summed E-state index contributed by atoms with van der Waals surface area (Å²) in [5.41, 5.74) is 1.73. The number of ether oxygens (including phenoxy) is 3. The molecule has 4 aromatic rings. The lowest BCUT2D eigenvalue weighted by Crippen LogP contribution is -2.49. The van der Waals surface area contributed by atoms with E-state index in [1.165, 1.54) is 6.33 Å². The second-order valence-electron chi connectivity index (χ2n) is 9.49. The smallest absolute Gasteiger partial charge is 0.227 e. The van der Waals surface area contributed by atoms with Gasteiger partial charge in [0.15, 0.2) is 11.5 Å². The third-order valence-electron chi connectivity index (χ3n) is 6.45. The topological polar surface area (TPSA) is 121 Å². The second-order valence-corrected chi connectivity index (χ2v) is 9.49. The van der Waals surface area contributed by atoms with Gasteiger partial charge in [0, 0.05) is 37.6 Å². The maximum atomic E-state index is 13.0. The Morgan fingerprint density at radius 2 is 1.82 bits per heavy atom. The SMILES string of the molecule is COc1cc2c(N3CCN(C(=O)Cc4ccc(OC(C)C)cc4)CC3)ncnc2cc1OCCn1cnnn1. The van der Waals surface area contributed by atoms with E-state index in [4.69, 9.17) is 14.2 Å². The Kier molecular flexibility index (Phi) is 7.99. The van der Waals surface area contributed by atoms with E-state index >= 15 is 0 Å². The second kappa shape index (κ2) is 11.9. The highest BCUT2D eigenvalue weighted by molar-refractivity contribution is 5.92. The summed E-state index contributed by atoms with van der Waals surface area (Å²) < 4.78 is 18.8. The van der Waals surface area contributed by atoms with Crippen LogP contribution in [0.2, 0.25) is 0 Å². The van der Waals surface area contributed by atoms with Crippen molar-refractivity contribution in [2.24, 2.45) is 0 Å². The van der Waals surface area contributed by atoms with Crippen molar-refractivity contribution >= 4 is 22.6 Å². The van der Waals surface area contributed by atoms with Crippen LogP contribution in [-0.4, -0.2) is 87.0 Å². The van der Waals surface area contributed by atoms with Crippen molar-refractivity contribution in [1.29, 1.82) is 0 Å². The number of nitrogens with zero attached hydrogens (tertiary/aromatic N) is 8. The zero-order valence-electron chi connectivity index (χ0n) is 22.4. The summed E-state index contributed by atoms with van der Waals surface area (Å²) in [6.07, 6.45) is 3.57. The van der Waals surface area contributed by atoms with Gasteiger partial charge in [-0.2, -0.15) is 0 Å². The fourth-order valence-corrected chi connectivity index (χ4v) is 4.52. The number of carbonyl (C=O) groups is 1. The summed E-state index contributed by atoms with van der Waals surface area (Å²) in [5.74, 6) is 2.92. The molecule has 0 bridgehead atoms. The van der Waals surface area contributed by atoms with Gasteiger partial charge < -0.3 is 24.0 Å².